The zero-order valence-electron chi connectivity index (χ0n) is 15.7. The Morgan fingerprint density at radius 3 is 1.66 bits per heavy atom. The van der Waals surface area contributed by atoms with Gasteiger partial charge in [-0.1, -0.05) is 91.0 Å². The summed E-state index contributed by atoms with van der Waals surface area (Å²) in [5.41, 5.74) is 3.11. The lowest BCUT2D eigenvalue weighted by atomic mass is 9.76. The molecule has 29 heavy (non-hydrogen) atoms. The average molecular weight is 377 g/mol. The molecule has 5 aromatic rings. The molecular weight excluding hydrogens is 358 g/mol. The molecule has 5 rings (SSSR count). The maximum Gasteiger partial charge on any atom is 0.260 e. The van der Waals surface area contributed by atoms with E-state index in [1.165, 1.54) is 6.33 Å². The Labute approximate surface area is 168 Å². The van der Waals surface area contributed by atoms with Gasteiger partial charge in [0.25, 0.3) is 5.56 Å². The van der Waals surface area contributed by atoms with Crippen LogP contribution in [0.3, 0.4) is 0 Å². The third-order valence-corrected chi connectivity index (χ3v) is 5.42. The van der Waals surface area contributed by atoms with Crippen LogP contribution < -0.4 is 5.56 Å². The van der Waals surface area contributed by atoms with Gasteiger partial charge in [0.2, 0.25) is 0 Å². The normalized spacial score (nSPS) is 11.6. The molecule has 0 saturated carbocycles. The number of aromatic nitrogens is 3. The lowest BCUT2D eigenvalue weighted by Crippen LogP contribution is -2.37. The molecule has 4 heteroatoms. The molecule has 0 saturated heterocycles. The van der Waals surface area contributed by atoms with Crippen LogP contribution in [0.15, 0.2) is 114 Å². The van der Waals surface area contributed by atoms with Gasteiger partial charge in [-0.3, -0.25) is 4.79 Å². The molecule has 0 spiro atoms. The van der Waals surface area contributed by atoms with Crippen LogP contribution in [-0.2, 0) is 5.54 Å². The van der Waals surface area contributed by atoms with Crippen molar-refractivity contribution >= 4 is 11.0 Å². The van der Waals surface area contributed by atoms with Crippen LogP contribution in [0.25, 0.3) is 11.0 Å². The summed E-state index contributed by atoms with van der Waals surface area (Å²) in [5.74, 6) is 0. The van der Waals surface area contributed by atoms with Gasteiger partial charge in [-0.2, -0.15) is 0 Å². The topological polar surface area (TPSA) is 50.7 Å². The highest BCUT2D eigenvalue weighted by Gasteiger charge is 2.39. The summed E-state index contributed by atoms with van der Waals surface area (Å²) in [6.07, 6.45) is 3.42. The van der Waals surface area contributed by atoms with E-state index >= 15 is 0 Å². The highest BCUT2D eigenvalue weighted by Crippen LogP contribution is 2.42. The Morgan fingerprint density at radius 2 is 1.17 bits per heavy atom. The molecule has 140 valence electrons. The number of nitrogens with zero attached hydrogens (tertiary/aromatic N) is 2. The van der Waals surface area contributed by atoms with Crippen molar-refractivity contribution in [2.24, 2.45) is 0 Å². The summed E-state index contributed by atoms with van der Waals surface area (Å²) in [6, 6.07) is 32.9. The first-order chi connectivity index (χ1) is 14.3. The molecule has 0 amide bonds. The number of nitrogens with one attached hydrogen (secondary N) is 1. The van der Waals surface area contributed by atoms with Crippen molar-refractivity contribution in [2.75, 3.05) is 0 Å². The molecule has 1 N–H and O–H groups in total. The zero-order valence-corrected chi connectivity index (χ0v) is 15.7. The van der Waals surface area contributed by atoms with E-state index in [4.69, 9.17) is 0 Å². The summed E-state index contributed by atoms with van der Waals surface area (Å²) in [5, 5.41) is 0.569. The highest BCUT2D eigenvalue weighted by molar-refractivity contribution is 5.76. The van der Waals surface area contributed by atoms with Crippen molar-refractivity contribution in [1.29, 1.82) is 0 Å². The van der Waals surface area contributed by atoms with Crippen LogP contribution in [-0.4, -0.2) is 14.5 Å². The fourth-order valence-corrected chi connectivity index (χ4v) is 4.19. The minimum atomic E-state index is -0.674. The van der Waals surface area contributed by atoms with Crippen LogP contribution >= 0.6 is 0 Å². The third kappa shape index (κ3) is 2.61. The smallest absolute Gasteiger partial charge is 0.260 e. The summed E-state index contributed by atoms with van der Waals surface area (Å²) in [7, 11) is 0. The van der Waals surface area contributed by atoms with Crippen LogP contribution in [0.2, 0.25) is 0 Å². The minimum Gasteiger partial charge on any atom is -0.314 e. The maximum absolute atomic E-state index is 12.4. The third-order valence-electron chi connectivity index (χ3n) is 5.42. The van der Waals surface area contributed by atoms with Gasteiger partial charge < -0.3 is 9.55 Å². The Hall–Kier alpha value is -3.92. The molecule has 0 bridgehead atoms. The number of fused-ring (bicyclic) bond motifs is 1. The molecule has 0 aliphatic heterocycles. The summed E-state index contributed by atoms with van der Waals surface area (Å²) in [6.45, 7) is 0. The minimum absolute atomic E-state index is 0.142. The molecule has 0 fully saturated rings. The van der Waals surface area contributed by atoms with Crippen molar-refractivity contribution in [3.05, 3.63) is 137 Å². The Bertz CT molecular complexity index is 1210. The number of hydrogen-bond acceptors (Lipinski definition) is 2. The van der Waals surface area contributed by atoms with Gasteiger partial charge in [0.1, 0.15) is 11.2 Å². The molecule has 3 aromatic carbocycles. The van der Waals surface area contributed by atoms with Crippen molar-refractivity contribution in [3.8, 4) is 0 Å². The van der Waals surface area contributed by atoms with E-state index in [0.29, 0.717) is 11.0 Å². The van der Waals surface area contributed by atoms with E-state index < -0.39 is 5.54 Å². The molecule has 0 radical (unpaired) electrons. The molecule has 2 aromatic heterocycles. The summed E-state index contributed by atoms with van der Waals surface area (Å²) >= 11 is 0. The van der Waals surface area contributed by atoms with Crippen LogP contribution in [0, 0.1) is 0 Å². The lowest BCUT2D eigenvalue weighted by Gasteiger charge is -2.38. The first kappa shape index (κ1) is 17.2. The molecule has 0 atom stereocenters. The van der Waals surface area contributed by atoms with E-state index in [0.717, 1.165) is 16.7 Å². The van der Waals surface area contributed by atoms with Crippen LogP contribution in [0.4, 0.5) is 0 Å². The first-order valence-electron chi connectivity index (χ1n) is 9.53. The van der Waals surface area contributed by atoms with Crippen LogP contribution in [0.1, 0.15) is 16.7 Å². The van der Waals surface area contributed by atoms with E-state index in [1.807, 2.05) is 66.9 Å². The van der Waals surface area contributed by atoms with Crippen molar-refractivity contribution in [1.82, 2.24) is 14.5 Å². The SMILES string of the molecule is O=c1[nH]cnc2c1ccn2C(c1ccccc1)(c1ccccc1)c1ccccc1. The highest BCUT2D eigenvalue weighted by atomic mass is 16.1. The predicted octanol–water partition coefficient (Wildman–Crippen LogP) is 4.56. The van der Waals surface area contributed by atoms with Gasteiger partial charge in [0.15, 0.2) is 0 Å². The standard InChI is InChI=1S/C25H19N3O/c29-24-22-16-17-28(23(22)26-18-27-24)25(19-10-4-1-5-11-19,20-12-6-2-7-13-20)21-14-8-3-9-15-21/h1-18H,(H,26,27,29). The summed E-state index contributed by atoms with van der Waals surface area (Å²) < 4.78 is 2.11. The molecule has 2 heterocycles. The van der Waals surface area contributed by atoms with Crippen molar-refractivity contribution in [3.63, 3.8) is 0 Å². The molecule has 0 unspecified atom stereocenters. The van der Waals surface area contributed by atoms with Gasteiger partial charge in [-0.25, -0.2) is 4.98 Å². The number of hydrogen-bond donors (Lipinski definition) is 1. The lowest BCUT2D eigenvalue weighted by molar-refractivity contribution is 0.529. The fraction of sp³-hybridized carbons (Fsp3) is 0.0400. The maximum atomic E-state index is 12.4. The monoisotopic (exact) mass is 377 g/mol. The zero-order chi connectivity index (χ0) is 19.7. The second-order valence-corrected chi connectivity index (χ2v) is 6.96. The van der Waals surface area contributed by atoms with Crippen LogP contribution in [0.5, 0.6) is 0 Å². The van der Waals surface area contributed by atoms with E-state index in [-0.39, 0.29) is 5.56 Å². The fourth-order valence-electron chi connectivity index (χ4n) is 4.19. The molecular formula is C25H19N3O. The summed E-state index contributed by atoms with van der Waals surface area (Å²) in [4.78, 5) is 19.6. The number of rotatable bonds is 4. The molecule has 4 nitrogen and oxygen atoms in total. The Kier molecular flexibility index (Phi) is 4.10. The van der Waals surface area contributed by atoms with Gasteiger partial charge in [-0.05, 0) is 22.8 Å². The Balaban J connectivity index is 1.98. The van der Waals surface area contributed by atoms with E-state index in [1.54, 1.807) is 0 Å². The quantitative estimate of drug-likeness (QED) is 0.467. The van der Waals surface area contributed by atoms with E-state index in [2.05, 4.69) is 50.9 Å². The number of aromatic amines is 1. The van der Waals surface area contributed by atoms with Crippen molar-refractivity contribution in [2.45, 2.75) is 5.54 Å². The van der Waals surface area contributed by atoms with Gasteiger partial charge >= 0.3 is 0 Å². The van der Waals surface area contributed by atoms with E-state index in [9.17, 15) is 4.79 Å². The predicted molar refractivity (Wildman–Crippen MR) is 115 cm³/mol. The number of H-pyrrole nitrogens is 1. The van der Waals surface area contributed by atoms with Gasteiger partial charge in [0.05, 0.1) is 11.7 Å². The second-order valence-electron chi connectivity index (χ2n) is 6.96. The second kappa shape index (κ2) is 6.91. The van der Waals surface area contributed by atoms with Gasteiger partial charge in [0, 0.05) is 6.20 Å². The molecule has 0 aliphatic carbocycles. The van der Waals surface area contributed by atoms with Crippen molar-refractivity contribution < 1.29 is 0 Å². The Morgan fingerprint density at radius 1 is 0.690 bits per heavy atom. The largest absolute Gasteiger partial charge is 0.314 e. The number of benzene rings is 3. The molecule has 0 aliphatic rings. The van der Waals surface area contributed by atoms with Gasteiger partial charge in [-0.15, -0.1) is 0 Å². The average Bonchev–Trinajstić information content (AvgIpc) is 3.23. The first-order valence-corrected chi connectivity index (χ1v) is 9.53.